The van der Waals surface area contributed by atoms with Crippen molar-refractivity contribution in [2.45, 2.75) is 46.2 Å². The highest BCUT2D eigenvalue weighted by Crippen LogP contribution is 2.10. The largest absolute Gasteiger partial charge is 0.469 e. The number of benzene rings is 2. The van der Waals surface area contributed by atoms with Gasteiger partial charge in [-0.1, -0.05) is 68.4 Å². The summed E-state index contributed by atoms with van der Waals surface area (Å²) in [6.45, 7) is 7.04. The predicted molar refractivity (Wildman–Crippen MR) is 100.0 cm³/mol. The van der Waals surface area contributed by atoms with Crippen LogP contribution in [0.4, 0.5) is 0 Å². The molecular weight excluding hydrogens is 298 g/mol. The number of ether oxygens (including phenoxy) is 1. The highest BCUT2D eigenvalue weighted by molar-refractivity contribution is 5.72. The molecule has 1 N–H and O–H groups in total. The third-order valence-electron chi connectivity index (χ3n) is 3.61. The molecule has 0 aliphatic carbocycles. The van der Waals surface area contributed by atoms with Crippen molar-refractivity contribution >= 4 is 5.97 Å². The molecule has 0 aromatic heterocycles. The van der Waals surface area contributed by atoms with Gasteiger partial charge in [0, 0.05) is 12.6 Å². The average molecular weight is 327 g/mol. The molecule has 0 saturated heterocycles. The van der Waals surface area contributed by atoms with Gasteiger partial charge in [-0.05, 0) is 30.0 Å². The molecule has 24 heavy (non-hydrogen) atoms. The highest BCUT2D eigenvalue weighted by atomic mass is 16.5. The standard InChI is InChI=1S/C19H23NO2.C2H6/c1-15(20-14-16-7-4-3-5-8-16)11-17-9-6-10-18(12-17)13-19(21)22-2;1-2/h3-10,12,15,20H,11,13-14H2,1-2H3;1-2H3. The van der Waals surface area contributed by atoms with Gasteiger partial charge in [0.1, 0.15) is 0 Å². The van der Waals surface area contributed by atoms with E-state index in [-0.39, 0.29) is 5.97 Å². The molecule has 0 saturated carbocycles. The molecule has 0 radical (unpaired) electrons. The number of nitrogens with one attached hydrogen (secondary N) is 1. The van der Waals surface area contributed by atoms with Gasteiger partial charge < -0.3 is 10.1 Å². The summed E-state index contributed by atoms with van der Waals surface area (Å²) in [5.74, 6) is -0.201. The first kappa shape index (κ1) is 19.9. The van der Waals surface area contributed by atoms with Crippen molar-refractivity contribution in [3.8, 4) is 0 Å². The average Bonchev–Trinajstić information content (AvgIpc) is 2.63. The molecule has 0 aliphatic rings. The lowest BCUT2D eigenvalue weighted by Gasteiger charge is -2.14. The van der Waals surface area contributed by atoms with Gasteiger partial charge in [-0.3, -0.25) is 4.79 Å². The topological polar surface area (TPSA) is 38.3 Å². The SMILES string of the molecule is CC.COC(=O)Cc1cccc(CC(C)NCc2ccccc2)c1. The summed E-state index contributed by atoms with van der Waals surface area (Å²) in [5.41, 5.74) is 3.52. The molecule has 0 bridgehead atoms. The first-order chi connectivity index (χ1) is 11.7. The molecule has 0 amide bonds. The number of hydrogen-bond acceptors (Lipinski definition) is 3. The number of hydrogen-bond donors (Lipinski definition) is 1. The Hall–Kier alpha value is -2.13. The second kappa shape index (κ2) is 11.4. The lowest BCUT2D eigenvalue weighted by molar-refractivity contribution is -0.139. The highest BCUT2D eigenvalue weighted by Gasteiger charge is 2.06. The van der Waals surface area contributed by atoms with Gasteiger partial charge in [0.2, 0.25) is 0 Å². The van der Waals surface area contributed by atoms with Crippen LogP contribution in [0.1, 0.15) is 37.5 Å². The Kier molecular flexibility index (Phi) is 9.47. The van der Waals surface area contributed by atoms with Gasteiger partial charge in [-0.15, -0.1) is 0 Å². The Morgan fingerprint density at radius 2 is 1.62 bits per heavy atom. The summed E-state index contributed by atoms with van der Waals surface area (Å²) in [5, 5.41) is 3.53. The Bertz CT molecular complexity index is 596. The van der Waals surface area contributed by atoms with Crippen LogP contribution in [-0.4, -0.2) is 19.1 Å². The second-order valence-corrected chi connectivity index (χ2v) is 5.54. The number of methoxy groups -OCH3 is 1. The van der Waals surface area contributed by atoms with Crippen LogP contribution in [0.2, 0.25) is 0 Å². The van der Waals surface area contributed by atoms with E-state index in [0.717, 1.165) is 18.5 Å². The maximum atomic E-state index is 11.3. The zero-order chi connectivity index (χ0) is 17.8. The van der Waals surface area contributed by atoms with Crippen molar-refractivity contribution in [1.82, 2.24) is 5.32 Å². The molecule has 3 heteroatoms. The molecule has 1 unspecified atom stereocenters. The fourth-order valence-corrected chi connectivity index (χ4v) is 2.42. The second-order valence-electron chi connectivity index (χ2n) is 5.54. The van der Waals surface area contributed by atoms with Crippen LogP contribution in [0.3, 0.4) is 0 Å². The van der Waals surface area contributed by atoms with Crippen LogP contribution in [-0.2, 0) is 28.9 Å². The Morgan fingerprint density at radius 1 is 1.00 bits per heavy atom. The number of carbonyl (C=O) groups excluding carboxylic acids is 1. The normalized spacial score (nSPS) is 11.2. The van der Waals surface area contributed by atoms with Crippen LogP contribution >= 0.6 is 0 Å². The molecule has 2 aromatic rings. The number of esters is 1. The molecule has 0 fully saturated rings. The third-order valence-corrected chi connectivity index (χ3v) is 3.61. The molecule has 2 rings (SSSR count). The van der Waals surface area contributed by atoms with Crippen LogP contribution in [0.15, 0.2) is 54.6 Å². The quantitative estimate of drug-likeness (QED) is 0.776. The molecule has 0 spiro atoms. The van der Waals surface area contributed by atoms with Gasteiger partial charge in [0.15, 0.2) is 0 Å². The van der Waals surface area contributed by atoms with E-state index < -0.39 is 0 Å². The minimum atomic E-state index is -0.201. The zero-order valence-electron chi connectivity index (χ0n) is 15.2. The summed E-state index contributed by atoms with van der Waals surface area (Å²) in [6.07, 6.45) is 1.26. The van der Waals surface area contributed by atoms with Gasteiger partial charge in [-0.2, -0.15) is 0 Å². The molecule has 2 aromatic carbocycles. The van der Waals surface area contributed by atoms with E-state index in [1.807, 2.05) is 32.0 Å². The Balaban J connectivity index is 0.00000139. The van der Waals surface area contributed by atoms with Crippen LogP contribution in [0.5, 0.6) is 0 Å². The van der Waals surface area contributed by atoms with E-state index in [4.69, 9.17) is 4.74 Å². The Labute approximate surface area is 146 Å². The summed E-state index contributed by atoms with van der Waals surface area (Å²) >= 11 is 0. The van der Waals surface area contributed by atoms with Crippen LogP contribution < -0.4 is 5.32 Å². The summed E-state index contributed by atoms with van der Waals surface area (Å²) in [4.78, 5) is 11.3. The van der Waals surface area contributed by atoms with Crippen molar-refractivity contribution < 1.29 is 9.53 Å². The summed E-state index contributed by atoms with van der Waals surface area (Å²) in [6, 6.07) is 18.9. The molecule has 3 nitrogen and oxygen atoms in total. The van der Waals surface area contributed by atoms with Crippen molar-refractivity contribution in [1.29, 1.82) is 0 Å². The maximum absolute atomic E-state index is 11.3. The van der Waals surface area contributed by atoms with Crippen molar-refractivity contribution in [2.24, 2.45) is 0 Å². The fourth-order valence-electron chi connectivity index (χ4n) is 2.42. The lowest BCUT2D eigenvalue weighted by Crippen LogP contribution is -2.27. The predicted octanol–water partition coefficient (Wildman–Crippen LogP) is 4.15. The van der Waals surface area contributed by atoms with Crippen molar-refractivity contribution in [2.75, 3.05) is 7.11 Å². The molecule has 130 valence electrons. The lowest BCUT2D eigenvalue weighted by atomic mass is 10.0. The van der Waals surface area contributed by atoms with E-state index in [1.54, 1.807) is 0 Å². The monoisotopic (exact) mass is 327 g/mol. The smallest absolute Gasteiger partial charge is 0.309 e. The van der Waals surface area contributed by atoms with Gasteiger partial charge >= 0.3 is 5.97 Å². The molecule has 1 atom stereocenters. The zero-order valence-corrected chi connectivity index (χ0v) is 15.2. The van der Waals surface area contributed by atoms with Crippen molar-refractivity contribution in [3.05, 3.63) is 71.3 Å². The van der Waals surface area contributed by atoms with Crippen LogP contribution in [0, 0.1) is 0 Å². The summed E-state index contributed by atoms with van der Waals surface area (Å²) < 4.78 is 4.71. The van der Waals surface area contributed by atoms with E-state index in [0.29, 0.717) is 12.5 Å². The summed E-state index contributed by atoms with van der Waals surface area (Å²) in [7, 11) is 1.42. The minimum absolute atomic E-state index is 0.201. The Morgan fingerprint density at radius 3 is 2.29 bits per heavy atom. The van der Waals surface area contributed by atoms with Crippen LogP contribution in [0.25, 0.3) is 0 Å². The van der Waals surface area contributed by atoms with E-state index >= 15 is 0 Å². The van der Waals surface area contributed by atoms with Crippen molar-refractivity contribution in [3.63, 3.8) is 0 Å². The molecular formula is C21H29NO2. The molecule has 0 heterocycles. The van der Waals surface area contributed by atoms with Gasteiger partial charge in [0.25, 0.3) is 0 Å². The van der Waals surface area contributed by atoms with E-state index in [1.165, 1.54) is 18.2 Å². The molecule has 0 aliphatic heterocycles. The first-order valence-corrected chi connectivity index (χ1v) is 8.59. The minimum Gasteiger partial charge on any atom is -0.469 e. The maximum Gasteiger partial charge on any atom is 0.309 e. The van der Waals surface area contributed by atoms with Gasteiger partial charge in [0.05, 0.1) is 13.5 Å². The van der Waals surface area contributed by atoms with E-state index in [2.05, 4.69) is 48.6 Å². The van der Waals surface area contributed by atoms with Gasteiger partial charge in [-0.25, -0.2) is 0 Å². The van der Waals surface area contributed by atoms with E-state index in [9.17, 15) is 4.79 Å². The number of rotatable bonds is 7. The fraction of sp³-hybridized carbons (Fsp3) is 0.381. The first-order valence-electron chi connectivity index (χ1n) is 8.59. The number of carbonyl (C=O) groups is 1. The third kappa shape index (κ3) is 7.42.